The lowest BCUT2D eigenvalue weighted by atomic mass is 10.4. The maximum atomic E-state index is 5.13. The molecular formula is C7H15Cl2N5. The Morgan fingerprint density at radius 3 is 2.00 bits per heavy atom. The van der Waals surface area contributed by atoms with Gasteiger partial charge in [-0.1, -0.05) is 0 Å². The van der Waals surface area contributed by atoms with Gasteiger partial charge in [0.05, 0.1) is 0 Å². The van der Waals surface area contributed by atoms with Gasteiger partial charge in [0.1, 0.15) is 5.82 Å². The van der Waals surface area contributed by atoms with Crippen LogP contribution in [0.5, 0.6) is 0 Å². The predicted molar refractivity (Wildman–Crippen MR) is 63.1 cm³/mol. The van der Waals surface area contributed by atoms with E-state index in [2.05, 4.69) is 20.9 Å². The number of nitrogens with zero attached hydrogens (tertiary/aromatic N) is 2. The van der Waals surface area contributed by atoms with Crippen LogP contribution < -0.4 is 16.6 Å². The summed E-state index contributed by atoms with van der Waals surface area (Å²) in [6.07, 6.45) is 0. The highest BCUT2D eigenvalue weighted by Gasteiger charge is 1.96. The Morgan fingerprint density at radius 2 is 1.64 bits per heavy atom. The van der Waals surface area contributed by atoms with Crippen molar-refractivity contribution in [3.05, 3.63) is 12.1 Å². The molecule has 1 heterocycles. The molecule has 4 N–H and O–H groups in total. The molecule has 0 unspecified atom stereocenters. The summed E-state index contributed by atoms with van der Waals surface area (Å²) in [7, 11) is 0. The molecule has 0 radical (unpaired) electrons. The number of hydrogen-bond acceptors (Lipinski definition) is 5. The van der Waals surface area contributed by atoms with E-state index in [0.717, 1.165) is 5.82 Å². The Bertz CT molecular complexity index is 238. The van der Waals surface area contributed by atoms with Gasteiger partial charge in [0, 0.05) is 6.04 Å². The minimum atomic E-state index is 0. The summed E-state index contributed by atoms with van der Waals surface area (Å²) in [6, 6.07) is 3.94. The molecule has 0 saturated heterocycles. The first-order valence-corrected chi connectivity index (χ1v) is 3.79. The van der Waals surface area contributed by atoms with Crippen LogP contribution in [0.3, 0.4) is 0 Å². The molecule has 5 nitrogen and oxygen atoms in total. The van der Waals surface area contributed by atoms with Crippen molar-refractivity contribution in [2.24, 2.45) is 5.84 Å². The van der Waals surface area contributed by atoms with E-state index in [0.29, 0.717) is 11.9 Å². The Balaban J connectivity index is 0. The molecule has 1 aromatic rings. The van der Waals surface area contributed by atoms with Crippen molar-refractivity contribution >= 4 is 36.4 Å². The first kappa shape index (κ1) is 15.7. The Hall–Kier alpha value is -0.780. The molecule has 14 heavy (non-hydrogen) atoms. The van der Waals surface area contributed by atoms with Gasteiger partial charge < -0.3 is 10.7 Å². The summed E-state index contributed by atoms with van der Waals surface area (Å²) >= 11 is 0. The Labute approximate surface area is 95.6 Å². The first-order valence-electron chi connectivity index (χ1n) is 3.79. The van der Waals surface area contributed by atoms with Crippen LogP contribution in [0.25, 0.3) is 0 Å². The fraction of sp³-hybridized carbons (Fsp3) is 0.429. The van der Waals surface area contributed by atoms with Gasteiger partial charge in [-0.3, -0.25) is 0 Å². The van der Waals surface area contributed by atoms with Gasteiger partial charge >= 0.3 is 0 Å². The van der Waals surface area contributed by atoms with Crippen molar-refractivity contribution in [1.29, 1.82) is 0 Å². The third-order valence-corrected chi connectivity index (χ3v) is 1.25. The number of nitrogens with two attached hydrogens (primary N) is 1. The lowest BCUT2D eigenvalue weighted by Gasteiger charge is -2.07. The third-order valence-electron chi connectivity index (χ3n) is 1.25. The van der Waals surface area contributed by atoms with Gasteiger partial charge in [-0.25, -0.2) is 5.84 Å². The van der Waals surface area contributed by atoms with Crippen molar-refractivity contribution < 1.29 is 0 Å². The maximum Gasteiger partial charge on any atom is 0.162 e. The van der Waals surface area contributed by atoms with E-state index in [4.69, 9.17) is 5.84 Å². The fourth-order valence-electron chi connectivity index (χ4n) is 0.782. The van der Waals surface area contributed by atoms with Crippen LogP contribution in [0.2, 0.25) is 0 Å². The van der Waals surface area contributed by atoms with Crippen LogP contribution >= 0.6 is 24.8 Å². The lowest BCUT2D eigenvalue weighted by molar-refractivity contribution is 0.873. The molecular weight excluding hydrogens is 225 g/mol. The topological polar surface area (TPSA) is 75.9 Å². The van der Waals surface area contributed by atoms with Crippen molar-refractivity contribution in [3.63, 3.8) is 0 Å². The van der Waals surface area contributed by atoms with Crippen LogP contribution in [0.1, 0.15) is 13.8 Å². The molecule has 0 aromatic carbocycles. The molecule has 0 bridgehead atoms. The highest BCUT2D eigenvalue weighted by Crippen LogP contribution is 2.05. The van der Waals surface area contributed by atoms with Crippen molar-refractivity contribution in [3.8, 4) is 0 Å². The molecule has 0 spiro atoms. The van der Waals surface area contributed by atoms with Crippen molar-refractivity contribution in [1.82, 2.24) is 10.2 Å². The Morgan fingerprint density at radius 1 is 1.14 bits per heavy atom. The number of anilines is 2. The van der Waals surface area contributed by atoms with Crippen LogP contribution in [0, 0.1) is 0 Å². The normalized spacial score (nSPS) is 8.57. The smallest absolute Gasteiger partial charge is 0.162 e. The molecule has 0 atom stereocenters. The van der Waals surface area contributed by atoms with E-state index < -0.39 is 0 Å². The number of nitrogen functional groups attached to an aromatic ring is 1. The minimum absolute atomic E-state index is 0. The predicted octanol–water partition coefficient (Wildman–Crippen LogP) is 1.43. The summed E-state index contributed by atoms with van der Waals surface area (Å²) in [5, 5.41) is 10.8. The summed E-state index contributed by atoms with van der Waals surface area (Å²) in [6.45, 7) is 4.08. The van der Waals surface area contributed by atoms with E-state index in [1.807, 2.05) is 19.9 Å². The second-order valence-corrected chi connectivity index (χ2v) is 2.75. The average Bonchev–Trinajstić information content (AvgIpc) is 2.05. The van der Waals surface area contributed by atoms with Crippen molar-refractivity contribution in [2.45, 2.75) is 19.9 Å². The molecule has 0 aliphatic carbocycles. The van der Waals surface area contributed by atoms with E-state index >= 15 is 0 Å². The SMILES string of the molecule is CC(C)Nc1ccc(NN)nn1.Cl.Cl. The molecule has 7 heteroatoms. The first-order chi connectivity index (χ1) is 5.72. The van der Waals surface area contributed by atoms with E-state index in [1.54, 1.807) is 6.07 Å². The van der Waals surface area contributed by atoms with Crippen LogP contribution in [-0.2, 0) is 0 Å². The number of rotatable bonds is 3. The minimum Gasteiger partial charge on any atom is -0.366 e. The van der Waals surface area contributed by atoms with E-state index in [9.17, 15) is 0 Å². The number of halogens is 2. The van der Waals surface area contributed by atoms with Crippen molar-refractivity contribution in [2.75, 3.05) is 10.7 Å². The monoisotopic (exact) mass is 239 g/mol. The Kier molecular flexibility index (Phi) is 8.52. The maximum absolute atomic E-state index is 5.13. The van der Waals surface area contributed by atoms with Crippen LogP contribution in [0.15, 0.2) is 12.1 Å². The summed E-state index contributed by atoms with van der Waals surface area (Å²) in [5.41, 5.74) is 2.41. The highest BCUT2D eigenvalue weighted by molar-refractivity contribution is 5.85. The van der Waals surface area contributed by atoms with Gasteiger partial charge in [0.2, 0.25) is 0 Å². The van der Waals surface area contributed by atoms with E-state index in [1.165, 1.54) is 0 Å². The zero-order chi connectivity index (χ0) is 8.97. The molecule has 0 fully saturated rings. The average molecular weight is 240 g/mol. The van der Waals surface area contributed by atoms with Gasteiger partial charge in [-0.05, 0) is 26.0 Å². The summed E-state index contributed by atoms with van der Waals surface area (Å²) < 4.78 is 0. The highest BCUT2D eigenvalue weighted by atomic mass is 35.5. The molecule has 1 aromatic heterocycles. The standard InChI is InChI=1S/C7H13N5.2ClH/c1-5(2)9-6-3-4-7(10-8)12-11-6;;/h3-5H,8H2,1-2H3,(H,9,11)(H,10,12);2*1H. The zero-order valence-electron chi connectivity index (χ0n) is 8.02. The molecule has 0 aliphatic rings. The molecule has 1 rings (SSSR count). The molecule has 82 valence electrons. The van der Waals surface area contributed by atoms with Gasteiger partial charge in [-0.15, -0.1) is 35.0 Å². The van der Waals surface area contributed by atoms with Gasteiger partial charge in [-0.2, -0.15) is 0 Å². The van der Waals surface area contributed by atoms with E-state index in [-0.39, 0.29) is 24.8 Å². The molecule has 0 saturated carbocycles. The zero-order valence-corrected chi connectivity index (χ0v) is 9.65. The largest absolute Gasteiger partial charge is 0.366 e. The second kappa shape index (κ2) is 7.61. The number of hydrazine groups is 1. The molecule has 0 aliphatic heterocycles. The number of aromatic nitrogens is 2. The third kappa shape index (κ3) is 5.06. The number of nitrogens with one attached hydrogen (secondary N) is 2. The van der Waals surface area contributed by atoms with Gasteiger partial charge in [0.25, 0.3) is 0 Å². The fourth-order valence-corrected chi connectivity index (χ4v) is 0.782. The second-order valence-electron chi connectivity index (χ2n) is 2.75. The quantitative estimate of drug-likeness (QED) is 0.550. The molecule has 0 amide bonds. The number of hydrogen-bond donors (Lipinski definition) is 3. The van der Waals surface area contributed by atoms with Gasteiger partial charge in [0.15, 0.2) is 5.82 Å². The lowest BCUT2D eigenvalue weighted by Crippen LogP contribution is -2.13. The van der Waals surface area contributed by atoms with Crippen LogP contribution in [0.4, 0.5) is 11.6 Å². The summed E-state index contributed by atoms with van der Waals surface area (Å²) in [5.74, 6) is 6.44. The van der Waals surface area contributed by atoms with Crippen LogP contribution in [-0.4, -0.2) is 16.2 Å². The summed E-state index contributed by atoms with van der Waals surface area (Å²) in [4.78, 5) is 0.